The Bertz CT molecular complexity index is 487. The van der Waals surface area contributed by atoms with Crippen LogP contribution in [0.15, 0.2) is 20.4 Å². The Kier molecular flexibility index (Phi) is 4.01. The molecule has 0 amide bonds. The first-order valence-electron chi connectivity index (χ1n) is 5.47. The van der Waals surface area contributed by atoms with Crippen LogP contribution < -0.4 is 5.32 Å². The van der Waals surface area contributed by atoms with Crippen molar-refractivity contribution in [1.29, 1.82) is 0 Å². The minimum atomic E-state index is 0.318. The van der Waals surface area contributed by atoms with Gasteiger partial charge in [-0.2, -0.15) is 0 Å². The molecule has 2 aromatic heterocycles. The van der Waals surface area contributed by atoms with Gasteiger partial charge in [-0.15, -0.1) is 11.3 Å². The molecule has 0 saturated heterocycles. The molecule has 2 rings (SSSR count). The van der Waals surface area contributed by atoms with Crippen LogP contribution in [0.25, 0.3) is 0 Å². The van der Waals surface area contributed by atoms with Gasteiger partial charge in [0.05, 0.1) is 5.69 Å². The van der Waals surface area contributed by atoms with Crippen LogP contribution in [-0.4, -0.2) is 5.16 Å². The minimum absolute atomic E-state index is 0.318. The summed E-state index contributed by atoms with van der Waals surface area (Å²) in [6, 6.07) is 2.40. The smallest absolute Gasteiger partial charge is 0.138 e. The third-order valence-electron chi connectivity index (χ3n) is 2.80. The first-order chi connectivity index (χ1) is 8.09. The van der Waals surface area contributed by atoms with Gasteiger partial charge in [-0.25, -0.2) is 0 Å². The Morgan fingerprint density at radius 3 is 2.82 bits per heavy atom. The molecule has 0 aliphatic rings. The molecular weight excluding hydrogens is 300 g/mol. The van der Waals surface area contributed by atoms with Crippen molar-refractivity contribution in [2.45, 2.75) is 33.4 Å². The lowest BCUT2D eigenvalue weighted by Crippen LogP contribution is -2.18. The van der Waals surface area contributed by atoms with Crippen molar-refractivity contribution in [2.75, 3.05) is 0 Å². The van der Waals surface area contributed by atoms with E-state index in [1.54, 1.807) is 11.3 Å². The lowest BCUT2D eigenvalue weighted by molar-refractivity contribution is 0.391. The Balaban J connectivity index is 2.02. The molecule has 0 bridgehead atoms. The molecule has 17 heavy (non-hydrogen) atoms. The molecule has 3 nitrogen and oxygen atoms in total. The van der Waals surface area contributed by atoms with Gasteiger partial charge in [-0.3, -0.25) is 0 Å². The zero-order valence-corrected chi connectivity index (χ0v) is 12.5. The second-order valence-corrected chi connectivity index (χ2v) is 5.84. The number of hydrogen-bond donors (Lipinski definition) is 1. The van der Waals surface area contributed by atoms with Crippen LogP contribution in [0.3, 0.4) is 0 Å². The fraction of sp³-hybridized carbons (Fsp3) is 0.417. The Labute approximate surface area is 113 Å². The molecule has 0 radical (unpaired) electrons. The summed E-state index contributed by atoms with van der Waals surface area (Å²) in [6.07, 6.45) is 0. The molecule has 0 saturated carbocycles. The fourth-order valence-corrected chi connectivity index (χ4v) is 3.47. The summed E-state index contributed by atoms with van der Waals surface area (Å²) < 4.78 is 6.31. The molecule has 1 unspecified atom stereocenters. The van der Waals surface area contributed by atoms with Gasteiger partial charge in [0.1, 0.15) is 5.76 Å². The predicted molar refractivity (Wildman–Crippen MR) is 73.3 cm³/mol. The number of nitrogens with zero attached hydrogens (tertiary/aromatic N) is 1. The highest BCUT2D eigenvalue weighted by Crippen LogP contribution is 2.29. The van der Waals surface area contributed by atoms with Gasteiger partial charge in [0, 0.05) is 27.5 Å². The fourth-order valence-electron chi connectivity index (χ4n) is 1.72. The van der Waals surface area contributed by atoms with Gasteiger partial charge in [0.2, 0.25) is 0 Å². The van der Waals surface area contributed by atoms with Crippen LogP contribution in [0.1, 0.15) is 34.9 Å². The summed E-state index contributed by atoms with van der Waals surface area (Å²) in [7, 11) is 0. The Hall–Kier alpha value is -0.650. The van der Waals surface area contributed by atoms with Crippen LogP contribution in [-0.2, 0) is 6.54 Å². The molecule has 1 N–H and O–H groups in total. The average molecular weight is 315 g/mol. The van der Waals surface area contributed by atoms with Crippen LogP contribution in [0.5, 0.6) is 0 Å². The third kappa shape index (κ3) is 2.78. The molecule has 0 aromatic carbocycles. The maximum absolute atomic E-state index is 5.15. The van der Waals surface area contributed by atoms with E-state index in [0.717, 1.165) is 23.6 Å². The number of aryl methyl sites for hydroxylation is 2. The van der Waals surface area contributed by atoms with E-state index in [1.807, 2.05) is 13.8 Å². The van der Waals surface area contributed by atoms with E-state index in [2.05, 4.69) is 44.8 Å². The predicted octanol–water partition coefficient (Wildman–Crippen LogP) is 3.97. The number of nitrogens with one attached hydrogen (secondary N) is 1. The quantitative estimate of drug-likeness (QED) is 0.928. The summed E-state index contributed by atoms with van der Waals surface area (Å²) in [6.45, 7) is 6.86. The summed E-state index contributed by atoms with van der Waals surface area (Å²) in [5.74, 6) is 0.896. The van der Waals surface area contributed by atoms with Gasteiger partial charge in [0.15, 0.2) is 0 Å². The van der Waals surface area contributed by atoms with Crippen LogP contribution in [0, 0.1) is 13.8 Å². The summed E-state index contributed by atoms with van der Waals surface area (Å²) in [5, 5.41) is 9.53. The second kappa shape index (κ2) is 5.33. The number of rotatable bonds is 4. The van der Waals surface area contributed by atoms with Crippen molar-refractivity contribution in [3.05, 3.63) is 37.8 Å². The van der Waals surface area contributed by atoms with Crippen molar-refractivity contribution < 1.29 is 4.52 Å². The zero-order chi connectivity index (χ0) is 12.4. The van der Waals surface area contributed by atoms with Gasteiger partial charge in [0.25, 0.3) is 0 Å². The Morgan fingerprint density at radius 2 is 2.29 bits per heavy atom. The van der Waals surface area contributed by atoms with Crippen molar-refractivity contribution in [3.8, 4) is 0 Å². The lowest BCUT2D eigenvalue weighted by Gasteiger charge is -2.12. The average Bonchev–Trinajstić information content (AvgIpc) is 2.84. The molecule has 92 valence electrons. The van der Waals surface area contributed by atoms with Crippen LogP contribution in [0.2, 0.25) is 0 Å². The molecule has 0 aliphatic heterocycles. The first kappa shape index (κ1) is 12.8. The summed E-state index contributed by atoms with van der Waals surface area (Å²) in [4.78, 5) is 1.32. The van der Waals surface area contributed by atoms with E-state index in [9.17, 15) is 0 Å². The van der Waals surface area contributed by atoms with E-state index >= 15 is 0 Å². The number of hydrogen-bond acceptors (Lipinski definition) is 4. The number of halogens is 1. The zero-order valence-electron chi connectivity index (χ0n) is 10.1. The number of thiophene rings is 1. The van der Waals surface area contributed by atoms with E-state index < -0.39 is 0 Å². The highest BCUT2D eigenvalue weighted by Gasteiger charge is 2.13. The molecule has 0 fully saturated rings. The standard InChI is InChI=1S/C12H15BrN2OS/c1-7-10(9(3)16-15-7)6-14-8(2)12-11(13)4-5-17-12/h4-5,8,14H,6H2,1-3H3. The number of aromatic nitrogens is 1. The molecule has 0 spiro atoms. The SMILES string of the molecule is Cc1noc(C)c1CNC(C)c1sccc1Br. The molecular formula is C12H15BrN2OS. The van der Waals surface area contributed by atoms with Gasteiger partial charge in [-0.05, 0) is 48.1 Å². The molecule has 2 heterocycles. The van der Waals surface area contributed by atoms with Crippen LogP contribution >= 0.6 is 27.3 Å². The van der Waals surface area contributed by atoms with E-state index in [0.29, 0.717) is 6.04 Å². The largest absolute Gasteiger partial charge is 0.361 e. The molecule has 2 aromatic rings. The minimum Gasteiger partial charge on any atom is -0.361 e. The molecule has 1 atom stereocenters. The first-order valence-corrected chi connectivity index (χ1v) is 7.15. The summed E-state index contributed by atoms with van der Waals surface area (Å²) >= 11 is 5.31. The third-order valence-corrected chi connectivity index (χ3v) is 4.86. The van der Waals surface area contributed by atoms with Crippen molar-refractivity contribution in [1.82, 2.24) is 10.5 Å². The second-order valence-electron chi connectivity index (χ2n) is 4.04. The monoisotopic (exact) mass is 314 g/mol. The maximum Gasteiger partial charge on any atom is 0.138 e. The van der Waals surface area contributed by atoms with Crippen molar-refractivity contribution in [2.24, 2.45) is 0 Å². The van der Waals surface area contributed by atoms with Crippen LogP contribution in [0.4, 0.5) is 0 Å². The topological polar surface area (TPSA) is 38.1 Å². The highest BCUT2D eigenvalue weighted by molar-refractivity contribution is 9.10. The van der Waals surface area contributed by atoms with Crippen molar-refractivity contribution >= 4 is 27.3 Å². The van der Waals surface area contributed by atoms with Gasteiger partial charge >= 0.3 is 0 Å². The molecule has 0 aliphatic carbocycles. The maximum atomic E-state index is 5.15. The highest BCUT2D eigenvalue weighted by atomic mass is 79.9. The Morgan fingerprint density at radius 1 is 1.53 bits per heavy atom. The van der Waals surface area contributed by atoms with E-state index in [1.165, 1.54) is 9.35 Å². The van der Waals surface area contributed by atoms with E-state index in [4.69, 9.17) is 4.52 Å². The van der Waals surface area contributed by atoms with Gasteiger partial charge in [-0.1, -0.05) is 5.16 Å². The lowest BCUT2D eigenvalue weighted by atomic mass is 10.2. The normalized spacial score (nSPS) is 12.9. The summed E-state index contributed by atoms with van der Waals surface area (Å²) in [5.41, 5.74) is 2.12. The van der Waals surface area contributed by atoms with E-state index in [-0.39, 0.29) is 0 Å². The molecule has 5 heteroatoms. The van der Waals surface area contributed by atoms with Gasteiger partial charge < -0.3 is 9.84 Å². The van der Waals surface area contributed by atoms with Crippen molar-refractivity contribution in [3.63, 3.8) is 0 Å².